The zero-order valence-corrected chi connectivity index (χ0v) is 21.5. The van der Waals surface area contributed by atoms with Crippen LogP contribution >= 0.6 is 11.3 Å². The minimum Gasteiger partial charge on any atom is -0.384 e. The lowest BCUT2D eigenvalue weighted by Gasteiger charge is -2.45. The highest BCUT2D eigenvalue weighted by molar-refractivity contribution is 7.91. The number of hydrogen-bond acceptors (Lipinski definition) is 6. The molecule has 1 aliphatic heterocycles. The molecule has 11 heteroatoms. The molecule has 2 fully saturated rings. The molecule has 1 saturated heterocycles. The molecule has 1 aromatic heterocycles. The fraction of sp³-hybridized carbons (Fsp3) is 0.500. The molecule has 1 aromatic carbocycles. The van der Waals surface area contributed by atoms with E-state index in [1.807, 2.05) is 6.07 Å². The number of amidine groups is 1. The smallest absolute Gasteiger partial charge is 0.323 e. The summed E-state index contributed by atoms with van der Waals surface area (Å²) in [5.74, 6) is -0.0751. The van der Waals surface area contributed by atoms with Gasteiger partial charge >= 0.3 is 6.03 Å². The number of anilines is 1. The second-order valence-corrected chi connectivity index (χ2v) is 12.3. The van der Waals surface area contributed by atoms with E-state index in [4.69, 9.17) is 15.9 Å². The average molecular weight is 520 g/mol. The van der Waals surface area contributed by atoms with Gasteiger partial charge in [-0.25, -0.2) is 13.2 Å². The van der Waals surface area contributed by atoms with Gasteiger partial charge in [0.25, 0.3) is 10.0 Å². The second kappa shape index (κ2) is 10.7. The van der Waals surface area contributed by atoms with Crippen LogP contribution in [0.5, 0.6) is 0 Å². The zero-order valence-electron chi connectivity index (χ0n) is 19.9. The first-order valence-corrected chi connectivity index (χ1v) is 14.2. The molecule has 2 amide bonds. The van der Waals surface area contributed by atoms with Gasteiger partial charge in [0.1, 0.15) is 15.7 Å². The van der Waals surface area contributed by atoms with E-state index in [0.29, 0.717) is 11.3 Å². The molecule has 1 saturated carbocycles. The summed E-state index contributed by atoms with van der Waals surface area (Å²) in [6.07, 6.45) is 5.97. The van der Waals surface area contributed by atoms with Gasteiger partial charge in [-0.1, -0.05) is 43.9 Å². The molecule has 2 heterocycles. The zero-order chi connectivity index (χ0) is 25.1. The molecule has 1 unspecified atom stereocenters. The predicted molar refractivity (Wildman–Crippen MR) is 137 cm³/mol. The Bertz CT molecular complexity index is 1150. The highest BCUT2D eigenvalue weighted by atomic mass is 32.2. The lowest BCUT2D eigenvalue weighted by Crippen LogP contribution is -2.68. The molecule has 35 heavy (non-hydrogen) atoms. The van der Waals surface area contributed by atoms with Gasteiger partial charge in [-0.3, -0.25) is 10.3 Å². The number of urea groups is 1. The summed E-state index contributed by atoms with van der Waals surface area (Å²) >= 11 is 1.15. The maximum atomic E-state index is 13.9. The maximum Gasteiger partial charge on any atom is 0.323 e. The van der Waals surface area contributed by atoms with Crippen molar-refractivity contribution in [2.75, 3.05) is 24.7 Å². The average Bonchev–Trinajstić information content (AvgIpc) is 3.25. The molecule has 4 N–H and O–H groups in total. The van der Waals surface area contributed by atoms with Crippen molar-refractivity contribution in [2.45, 2.75) is 61.4 Å². The number of amides is 2. The Morgan fingerprint density at radius 1 is 1.23 bits per heavy atom. The van der Waals surface area contributed by atoms with Crippen molar-refractivity contribution in [1.82, 2.24) is 9.62 Å². The molecular formula is C24H33N5O4S2. The SMILES string of the molecule is CC1(NC(=O)N(c2cccc(C(=N)N)c2)C2CCCCCC2)COCCN1S(=O)(=O)c1cccs1. The normalized spacial score (nSPS) is 22.3. The third-order valence-electron chi connectivity index (χ3n) is 6.63. The van der Waals surface area contributed by atoms with Crippen molar-refractivity contribution >= 4 is 38.9 Å². The van der Waals surface area contributed by atoms with E-state index in [1.54, 1.807) is 47.5 Å². The Balaban J connectivity index is 1.68. The molecule has 2 aromatic rings. The number of nitrogen functional groups attached to an aromatic ring is 1. The maximum absolute atomic E-state index is 13.9. The van der Waals surface area contributed by atoms with Crippen LogP contribution in [0.3, 0.4) is 0 Å². The van der Waals surface area contributed by atoms with Crippen LogP contribution < -0.4 is 16.0 Å². The topological polar surface area (TPSA) is 129 Å². The summed E-state index contributed by atoms with van der Waals surface area (Å²) in [5.41, 5.74) is 5.62. The summed E-state index contributed by atoms with van der Waals surface area (Å²) in [6.45, 7) is 2.12. The monoisotopic (exact) mass is 519 g/mol. The van der Waals surface area contributed by atoms with Crippen LogP contribution in [0.2, 0.25) is 0 Å². The van der Waals surface area contributed by atoms with Crippen LogP contribution in [0.1, 0.15) is 51.0 Å². The van der Waals surface area contributed by atoms with Gasteiger partial charge in [-0.05, 0) is 43.3 Å². The van der Waals surface area contributed by atoms with Gasteiger partial charge < -0.3 is 15.8 Å². The lowest BCUT2D eigenvalue weighted by atomic mass is 10.0. The number of rotatable bonds is 6. The van der Waals surface area contributed by atoms with E-state index < -0.39 is 21.7 Å². The van der Waals surface area contributed by atoms with E-state index in [1.165, 1.54) is 4.31 Å². The predicted octanol–water partition coefficient (Wildman–Crippen LogP) is 3.71. The number of thiophene rings is 1. The largest absolute Gasteiger partial charge is 0.384 e. The van der Waals surface area contributed by atoms with Gasteiger partial charge in [0, 0.05) is 23.8 Å². The first-order chi connectivity index (χ1) is 16.7. The Morgan fingerprint density at radius 2 is 1.97 bits per heavy atom. The van der Waals surface area contributed by atoms with Crippen molar-refractivity contribution in [2.24, 2.45) is 5.73 Å². The minimum atomic E-state index is -3.82. The number of carbonyl (C=O) groups is 1. The van der Waals surface area contributed by atoms with Crippen LogP contribution in [0.25, 0.3) is 0 Å². The first-order valence-electron chi connectivity index (χ1n) is 11.9. The molecule has 0 radical (unpaired) electrons. The molecule has 1 atom stereocenters. The molecule has 0 bridgehead atoms. The van der Waals surface area contributed by atoms with Crippen LogP contribution in [0.15, 0.2) is 46.0 Å². The number of morpholine rings is 1. The van der Waals surface area contributed by atoms with Gasteiger partial charge in [-0.15, -0.1) is 11.3 Å². The number of nitrogens with two attached hydrogens (primary N) is 1. The molecule has 9 nitrogen and oxygen atoms in total. The van der Waals surface area contributed by atoms with E-state index in [9.17, 15) is 13.2 Å². The molecular weight excluding hydrogens is 486 g/mol. The molecule has 4 rings (SSSR count). The van der Waals surface area contributed by atoms with Crippen molar-refractivity contribution in [3.8, 4) is 0 Å². The summed E-state index contributed by atoms with van der Waals surface area (Å²) in [7, 11) is -3.82. The van der Waals surface area contributed by atoms with Crippen LogP contribution in [0.4, 0.5) is 10.5 Å². The Kier molecular flexibility index (Phi) is 7.80. The lowest BCUT2D eigenvalue weighted by molar-refractivity contribution is -0.0273. The first kappa shape index (κ1) is 25.6. The number of hydrogen-bond donors (Lipinski definition) is 3. The molecule has 0 spiro atoms. The standard InChI is InChI=1S/C24H33N5O4S2/c1-24(17-33-14-13-28(24)35(31,32)21-12-7-15-34-21)27-23(30)29(19-9-4-2-3-5-10-19)20-11-6-8-18(16-20)22(25)26/h6-8,11-12,15-16,19H,2-5,9-10,13-14,17H2,1H3,(H3,25,26)(H,27,30). The van der Waals surface area contributed by atoms with E-state index in [2.05, 4.69) is 5.32 Å². The minimum absolute atomic E-state index is 0.0370. The van der Waals surface area contributed by atoms with Crippen molar-refractivity contribution in [3.05, 3.63) is 47.3 Å². The molecule has 190 valence electrons. The van der Waals surface area contributed by atoms with E-state index in [-0.39, 0.29) is 35.8 Å². The van der Waals surface area contributed by atoms with Crippen LogP contribution in [-0.4, -0.2) is 56.1 Å². The number of nitrogens with one attached hydrogen (secondary N) is 2. The van der Waals surface area contributed by atoms with Gasteiger partial charge in [0.2, 0.25) is 0 Å². The summed E-state index contributed by atoms with van der Waals surface area (Å²) < 4.78 is 34.1. The Hall–Kier alpha value is -2.47. The van der Waals surface area contributed by atoms with Crippen molar-refractivity contribution in [1.29, 1.82) is 5.41 Å². The Morgan fingerprint density at radius 3 is 2.63 bits per heavy atom. The van der Waals surface area contributed by atoms with Gasteiger partial charge in [0.15, 0.2) is 0 Å². The van der Waals surface area contributed by atoms with E-state index in [0.717, 1.165) is 49.9 Å². The number of ether oxygens (including phenoxy) is 1. The molecule has 1 aliphatic carbocycles. The third-order valence-corrected chi connectivity index (χ3v) is 10.0. The van der Waals surface area contributed by atoms with Crippen molar-refractivity contribution < 1.29 is 17.9 Å². The molecule has 2 aliphatic rings. The Labute approximate surface area is 210 Å². The van der Waals surface area contributed by atoms with Gasteiger partial charge in [0.05, 0.1) is 13.2 Å². The fourth-order valence-electron chi connectivity index (χ4n) is 4.86. The number of carbonyl (C=O) groups excluding carboxylic acids is 1. The summed E-state index contributed by atoms with van der Waals surface area (Å²) in [4.78, 5) is 15.6. The highest BCUT2D eigenvalue weighted by Gasteiger charge is 2.46. The highest BCUT2D eigenvalue weighted by Crippen LogP contribution is 2.31. The van der Waals surface area contributed by atoms with Crippen LogP contribution in [-0.2, 0) is 14.8 Å². The number of benzene rings is 1. The quantitative estimate of drug-likeness (QED) is 0.304. The van der Waals surface area contributed by atoms with E-state index >= 15 is 0 Å². The summed E-state index contributed by atoms with van der Waals surface area (Å²) in [6, 6.07) is 9.92. The van der Waals surface area contributed by atoms with Crippen LogP contribution in [0, 0.1) is 5.41 Å². The third kappa shape index (κ3) is 5.53. The van der Waals surface area contributed by atoms with Gasteiger partial charge in [-0.2, -0.15) is 4.31 Å². The van der Waals surface area contributed by atoms with Crippen molar-refractivity contribution in [3.63, 3.8) is 0 Å². The fourth-order valence-corrected chi connectivity index (χ4v) is 7.65. The second-order valence-electron chi connectivity index (χ2n) is 9.25. The number of sulfonamides is 1. The number of nitrogens with zero attached hydrogens (tertiary/aromatic N) is 2. The summed E-state index contributed by atoms with van der Waals surface area (Å²) in [5, 5.41) is 12.6.